The van der Waals surface area contributed by atoms with Crippen molar-refractivity contribution in [3.8, 4) is 5.75 Å². The number of methoxy groups -OCH3 is 1. The maximum absolute atomic E-state index is 10.3. The molecule has 1 unspecified atom stereocenters. The fourth-order valence-corrected chi connectivity index (χ4v) is 2.39. The number of rotatable bonds is 4. The quantitative estimate of drug-likeness (QED) is 0.800. The van der Waals surface area contributed by atoms with Crippen LogP contribution in [0.5, 0.6) is 5.75 Å². The molecule has 1 aliphatic rings. The van der Waals surface area contributed by atoms with Crippen molar-refractivity contribution in [1.29, 1.82) is 0 Å². The standard InChI is InChI=1S/C15H18N4O2/c1-21-11-4-2-10(3-5-11)6-7-19-9-17-14-12(15(19)20)8-13(16)18-14/h2-5,8-9,15,18,20H,6-7,16H2,1H3. The zero-order valence-electron chi connectivity index (χ0n) is 11.8. The van der Waals surface area contributed by atoms with E-state index in [2.05, 4.69) is 9.98 Å². The highest BCUT2D eigenvalue weighted by Gasteiger charge is 2.23. The largest absolute Gasteiger partial charge is 0.497 e. The van der Waals surface area contributed by atoms with E-state index in [1.807, 2.05) is 24.3 Å². The number of ether oxygens (including phenoxy) is 1. The van der Waals surface area contributed by atoms with Gasteiger partial charge in [0.1, 0.15) is 17.4 Å². The molecule has 1 aliphatic heterocycles. The molecule has 0 saturated carbocycles. The van der Waals surface area contributed by atoms with Gasteiger partial charge in [0.2, 0.25) is 0 Å². The first-order valence-corrected chi connectivity index (χ1v) is 6.76. The van der Waals surface area contributed by atoms with Crippen LogP contribution in [-0.4, -0.2) is 35.0 Å². The minimum atomic E-state index is -0.718. The molecule has 1 aromatic carbocycles. The first kappa shape index (κ1) is 13.5. The molecular formula is C15H18N4O2. The van der Waals surface area contributed by atoms with Gasteiger partial charge in [0.25, 0.3) is 0 Å². The van der Waals surface area contributed by atoms with E-state index in [0.29, 0.717) is 23.7 Å². The van der Waals surface area contributed by atoms with Crippen molar-refractivity contribution in [1.82, 2.24) is 9.88 Å². The second kappa shape index (κ2) is 5.49. The van der Waals surface area contributed by atoms with Gasteiger partial charge >= 0.3 is 0 Å². The highest BCUT2D eigenvalue weighted by atomic mass is 16.5. The molecule has 0 radical (unpaired) electrons. The molecule has 0 spiro atoms. The maximum Gasteiger partial charge on any atom is 0.157 e. The van der Waals surface area contributed by atoms with E-state index in [0.717, 1.165) is 12.2 Å². The van der Waals surface area contributed by atoms with Crippen LogP contribution >= 0.6 is 0 Å². The van der Waals surface area contributed by atoms with Crippen LogP contribution in [0, 0.1) is 0 Å². The van der Waals surface area contributed by atoms with Gasteiger partial charge in [-0.05, 0) is 30.2 Å². The van der Waals surface area contributed by atoms with Crippen LogP contribution in [-0.2, 0) is 6.42 Å². The number of aromatic nitrogens is 1. The molecule has 3 rings (SSSR count). The first-order valence-electron chi connectivity index (χ1n) is 6.76. The molecule has 0 fully saturated rings. The summed E-state index contributed by atoms with van der Waals surface area (Å²) in [6.45, 7) is 0.668. The summed E-state index contributed by atoms with van der Waals surface area (Å²) in [5.41, 5.74) is 7.58. The number of nitrogens with two attached hydrogens (primary N) is 1. The Morgan fingerprint density at radius 2 is 2.14 bits per heavy atom. The van der Waals surface area contributed by atoms with Crippen LogP contribution in [0.25, 0.3) is 0 Å². The normalized spacial score (nSPS) is 16.9. The number of hydrogen-bond acceptors (Lipinski definition) is 5. The van der Waals surface area contributed by atoms with Gasteiger partial charge in [-0.1, -0.05) is 12.1 Å². The Balaban J connectivity index is 1.65. The van der Waals surface area contributed by atoms with Gasteiger partial charge in [-0.2, -0.15) is 0 Å². The van der Waals surface area contributed by atoms with Crippen molar-refractivity contribution >= 4 is 18.0 Å². The second-order valence-electron chi connectivity index (χ2n) is 4.98. The minimum Gasteiger partial charge on any atom is -0.497 e. The zero-order chi connectivity index (χ0) is 14.8. The average Bonchev–Trinajstić information content (AvgIpc) is 2.89. The second-order valence-corrected chi connectivity index (χ2v) is 4.98. The number of nitrogens with one attached hydrogen (secondary N) is 1. The summed E-state index contributed by atoms with van der Waals surface area (Å²) in [4.78, 5) is 8.98. The summed E-state index contributed by atoms with van der Waals surface area (Å²) in [7, 11) is 1.65. The molecule has 1 aromatic heterocycles. The summed E-state index contributed by atoms with van der Waals surface area (Å²) < 4.78 is 5.14. The van der Waals surface area contributed by atoms with Crippen LogP contribution in [0.1, 0.15) is 17.4 Å². The summed E-state index contributed by atoms with van der Waals surface area (Å²) in [5, 5.41) is 10.3. The third kappa shape index (κ3) is 2.71. The van der Waals surface area contributed by atoms with Crippen molar-refractivity contribution in [2.45, 2.75) is 12.6 Å². The number of aromatic amines is 1. The number of aliphatic hydroxyl groups is 1. The molecular weight excluding hydrogens is 268 g/mol. The van der Waals surface area contributed by atoms with E-state index in [1.165, 1.54) is 5.56 Å². The van der Waals surface area contributed by atoms with Gasteiger partial charge in [0, 0.05) is 12.1 Å². The van der Waals surface area contributed by atoms with Crippen LogP contribution in [0.4, 0.5) is 11.6 Å². The Hall–Kier alpha value is -2.47. The lowest BCUT2D eigenvalue weighted by molar-refractivity contribution is 0.0552. The van der Waals surface area contributed by atoms with Crippen LogP contribution in [0.15, 0.2) is 35.3 Å². The van der Waals surface area contributed by atoms with Gasteiger partial charge < -0.3 is 25.5 Å². The molecule has 4 N–H and O–H groups in total. The van der Waals surface area contributed by atoms with Crippen molar-refractivity contribution in [3.63, 3.8) is 0 Å². The lowest BCUT2D eigenvalue weighted by atomic mass is 10.1. The smallest absolute Gasteiger partial charge is 0.157 e. The summed E-state index contributed by atoms with van der Waals surface area (Å²) >= 11 is 0. The minimum absolute atomic E-state index is 0.508. The number of hydrogen-bond donors (Lipinski definition) is 3. The van der Waals surface area contributed by atoms with E-state index >= 15 is 0 Å². The van der Waals surface area contributed by atoms with Crippen molar-refractivity contribution in [2.24, 2.45) is 4.99 Å². The van der Waals surface area contributed by atoms with Gasteiger partial charge in [0.05, 0.1) is 13.4 Å². The SMILES string of the molecule is COc1ccc(CCN2C=Nc3[nH]c(N)cc3C2O)cc1. The van der Waals surface area contributed by atoms with Gasteiger partial charge in [-0.3, -0.25) is 0 Å². The van der Waals surface area contributed by atoms with E-state index in [1.54, 1.807) is 24.4 Å². The highest BCUT2D eigenvalue weighted by molar-refractivity contribution is 5.68. The number of H-pyrrole nitrogens is 1. The lowest BCUT2D eigenvalue weighted by Crippen LogP contribution is -2.31. The third-order valence-electron chi connectivity index (χ3n) is 3.59. The maximum atomic E-state index is 10.3. The Morgan fingerprint density at radius 1 is 1.38 bits per heavy atom. The van der Waals surface area contributed by atoms with E-state index in [4.69, 9.17) is 10.5 Å². The molecule has 1 atom stereocenters. The van der Waals surface area contributed by atoms with E-state index in [9.17, 15) is 5.11 Å². The molecule has 110 valence electrons. The molecule has 2 heterocycles. The Bertz CT molecular complexity index is 648. The van der Waals surface area contributed by atoms with Crippen LogP contribution in [0.3, 0.4) is 0 Å². The molecule has 6 nitrogen and oxygen atoms in total. The fourth-order valence-electron chi connectivity index (χ4n) is 2.39. The summed E-state index contributed by atoms with van der Waals surface area (Å²) in [5.74, 6) is 1.97. The topological polar surface area (TPSA) is 86.9 Å². The third-order valence-corrected chi connectivity index (χ3v) is 3.59. The molecule has 0 amide bonds. The molecule has 6 heteroatoms. The Kier molecular flexibility index (Phi) is 3.53. The van der Waals surface area contributed by atoms with Gasteiger partial charge in [-0.15, -0.1) is 0 Å². The number of nitrogens with zero attached hydrogens (tertiary/aromatic N) is 2. The number of nitrogen functional groups attached to an aromatic ring is 1. The van der Waals surface area contributed by atoms with E-state index in [-0.39, 0.29) is 0 Å². The van der Waals surface area contributed by atoms with Gasteiger partial charge in [-0.25, -0.2) is 4.99 Å². The molecule has 2 aromatic rings. The van der Waals surface area contributed by atoms with Crippen molar-refractivity contribution < 1.29 is 9.84 Å². The van der Waals surface area contributed by atoms with E-state index < -0.39 is 6.23 Å². The summed E-state index contributed by atoms with van der Waals surface area (Å²) in [6.07, 6.45) is 1.73. The summed E-state index contributed by atoms with van der Waals surface area (Å²) in [6, 6.07) is 9.62. The Labute approximate surface area is 122 Å². The number of aliphatic hydroxyl groups excluding tert-OH is 1. The predicted octanol–water partition coefficient (Wildman–Crippen LogP) is 1.81. The van der Waals surface area contributed by atoms with Gasteiger partial charge in [0.15, 0.2) is 6.23 Å². The Morgan fingerprint density at radius 3 is 2.86 bits per heavy atom. The van der Waals surface area contributed by atoms with Crippen molar-refractivity contribution in [2.75, 3.05) is 19.4 Å². The average molecular weight is 286 g/mol. The first-order chi connectivity index (χ1) is 10.2. The zero-order valence-corrected chi connectivity index (χ0v) is 11.8. The van der Waals surface area contributed by atoms with Crippen molar-refractivity contribution in [3.05, 3.63) is 41.5 Å². The highest BCUT2D eigenvalue weighted by Crippen LogP contribution is 2.32. The number of anilines is 1. The monoisotopic (exact) mass is 286 g/mol. The molecule has 0 aliphatic carbocycles. The number of fused-ring (bicyclic) bond motifs is 1. The molecule has 0 bridgehead atoms. The lowest BCUT2D eigenvalue weighted by Gasteiger charge is -2.28. The number of benzene rings is 1. The fraction of sp³-hybridized carbons (Fsp3) is 0.267. The predicted molar refractivity (Wildman–Crippen MR) is 81.7 cm³/mol. The molecule has 21 heavy (non-hydrogen) atoms. The van der Waals surface area contributed by atoms with Crippen LogP contribution < -0.4 is 10.5 Å². The van der Waals surface area contributed by atoms with Crippen LogP contribution in [0.2, 0.25) is 0 Å². The molecule has 0 saturated heterocycles. The number of aliphatic imine (C=N–C) groups is 1.